The maximum Gasteiger partial charge on any atom is 0.117 e. The van der Waals surface area contributed by atoms with Crippen LogP contribution >= 0.6 is 0 Å². The monoisotopic (exact) mass is 211 g/mol. The molecule has 0 aromatic heterocycles. The molecule has 1 saturated carbocycles. The van der Waals surface area contributed by atoms with Gasteiger partial charge in [0.1, 0.15) is 5.72 Å². The van der Waals surface area contributed by atoms with Crippen LogP contribution in [0.1, 0.15) is 65.7 Å². The molecule has 0 aromatic carbocycles. The van der Waals surface area contributed by atoms with Crippen LogP contribution < -0.4 is 5.32 Å². The van der Waals surface area contributed by atoms with Crippen molar-refractivity contribution in [3.8, 4) is 0 Å². The van der Waals surface area contributed by atoms with Crippen LogP contribution in [0.5, 0.6) is 0 Å². The van der Waals surface area contributed by atoms with Gasteiger partial charge >= 0.3 is 0 Å². The second-order valence-corrected chi connectivity index (χ2v) is 5.42. The van der Waals surface area contributed by atoms with E-state index in [9.17, 15) is 0 Å². The third-order valence-electron chi connectivity index (χ3n) is 4.33. The quantitative estimate of drug-likeness (QED) is 0.757. The largest absolute Gasteiger partial charge is 0.353 e. The zero-order valence-electron chi connectivity index (χ0n) is 10.4. The first-order valence-corrected chi connectivity index (χ1v) is 6.62. The summed E-state index contributed by atoms with van der Waals surface area (Å²) in [6, 6.07) is 0.572. The van der Waals surface area contributed by atoms with E-state index in [-0.39, 0.29) is 11.3 Å². The Bertz CT molecular complexity index is 223. The van der Waals surface area contributed by atoms with Crippen LogP contribution in [0.15, 0.2) is 0 Å². The topological polar surface area (TPSA) is 21.3 Å². The van der Waals surface area contributed by atoms with E-state index in [0.717, 1.165) is 6.42 Å². The number of hydrogen-bond donors (Lipinski definition) is 1. The van der Waals surface area contributed by atoms with Crippen molar-refractivity contribution >= 4 is 0 Å². The van der Waals surface area contributed by atoms with Crippen molar-refractivity contribution in [1.82, 2.24) is 5.32 Å². The Balaban J connectivity index is 2.15. The Kier molecular flexibility index (Phi) is 3.09. The van der Waals surface area contributed by atoms with Gasteiger partial charge < -0.3 is 4.74 Å². The SMILES string of the molecule is CCC1NC(C)(CC)OC12CCCCC2. The molecule has 2 nitrogen and oxygen atoms in total. The van der Waals surface area contributed by atoms with Crippen molar-refractivity contribution in [3.05, 3.63) is 0 Å². The number of hydrogen-bond acceptors (Lipinski definition) is 2. The average Bonchev–Trinajstić information content (AvgIpc) is 2.53. The molecule has 0 amide bonds. The molecule has 1 saturated heterocycles. The molecule has 2 aliphatic rings. The highest BCUT2D eigenvalue weighted by Crippen LogP contribution is 2.43. The van der Waals surface area contributed by atoms with Crippen molar-refractivity contribution in [3.63, 3.8) is 0 Å². The smallest absolute Gasteiger partial charge is 0.117 e. The summed E-state index contributed by atoms with van der Waals surface area (Å²) in [4.78, 5) is 0. The average molecular weight is 211 g/mol. The van der Waals surface area contributed by atoms with Gasteiger partial charge in [0.05, 0.1) is 5.60 Å². The molecule has 0 bridgehead atoms. The minimum absolute atomic E-state index is 0.0714. The Morgan fingerprint density at radius 2 is 1.87 bits per heavy atom. The first-order chi connectivity index (χ1) is 7.14. The van der Waals surface area contributed by atoms with Gasteiger partial charge in [-0.25, -0.2) is 0 Å². The molecule has 1 N–H and O–H groups in total. The Morgan fingerprint density at radius 3 is 2.40 bits per heavy atom. The lowest BCUT2D eigenvalue weighted by molar-refractivity contribution is -0.120. The van der Waals surface area contributed by atoms with Crippen LogP contribution in [0.4, 0.5) is 0 Å². The van der Waals surface area contributed by atoms with E-state index in [4.69, 9.17) is 4.74 Å². The fourth-order valence-corrected chi connectivity index (χ4v) is 3.30. The summed E-state index contributed by atoms with van der Waals surface area (Å²) in [7, 11) is 0. The lowest BCUT2D eigenvalue weighted by Gasteiger charge is -2.37. The number of nitrogens with one attached hydrogen (secondary N) is 1. The molecule has 15 heavy (non-hydrogen) atoms. The van der Waals surface area contributed by atoms with Crippen molar-refractivity contribution in [1.29, 1.82) is 0 Å². The molecule has 0 radical (unpaired) electrons. The third kappa shape index (κ3) is 1.94. The van der Waals surface area contributed by atoms with E-state index in [0.29, 0.717) is 6.04 Å². The molecular weight excluding hydrogens is 186 g/mol. The van der Waals surface area contributed by atoms with Gasteiger partial charge in [0, 0.05) is 6.04 Å². The Labute approximate surface area is 93.8 Å². The summed E-state index contributed by atoms with van der Waals surface area (Å²) in [5.74, 6) is 0. The molecule has 2 unspecified atom stereocenters. The molecule has 1 heterocycles. The van der Waals surface area contributed by atoms with E-state index >= 15 is 0 Å². The van der Waals surface area contributed by atoms with Crippen LogP contribution in [0.3, 0.4) is 0 Å². The normalized spacial score (nSPS) is 39.8. The minimum Gasteiger partial charge on any atom is -0.353 e. The first kappa shape index (κ1) is 11.4. The maximum absolute atomic E-state index is 6.42. The molecule has 2 fully saturated rings. The molecule has 2 atom stereocenters. The van der Waals surface area contributed by atoms with E-state index in [2.05, 4.69) is 26.1 Å². The highest BCUT2D eigenvalue weighted by molar-refractivity contribution is 5.03. The van der Waals surface area contributed by atoms with E-state index in [1.54, 1.807) is 0 Å². The zero-order chi connectivity index (χ0) is 10.9. The molecule has 1 spiro atoms. The van der Waals surface area contributed by atoms with Gasteiger partial charge in [-0.2, -0.15) is 0 Å². The second-order valence-electron chi connectivity index (χ2n) is 5.42. The lowest BCUT2D eigenvalue weighted by Crippen LogP contribution is -2.45. The highest BCUT2D eigenvalue weighted by Gasteiger charge is 2.51. The minimum atomic E-state index is -0.0714. The zero-order valence-corrected chi connectivity index (χ0v) is 10.4. The van der Waals surface area contributed by atoms with Gasteiger partial charge in [-0.05, 0) is 32.6 Å². The number of ether oxygens (including phenoxy) is 1. The fourth-order valence-electron chi connectivity index (χ4n) is 3.30. The van der Waals surface area contributed by atoms with Crippen LogP contribution in [-0.2, 0) is 4.74 Å². The van der Waals surface area contributed by atoms with Gasteiger partial charge in [0.25, 0.3) is 0 Å². The Hall–Kier alpha value is -0.0800. The highest BCUT2D eigenvalue weighted by atomic mass is 16.6. The molecule has 1 aliphatic heterocycles. The summed E-state index contributed by atoms with van der Waals surface area (Å²) in [6.45, 7) is 6.69. The van der Waals surface area contributed by atoms with Gasteiger partial charge in [0.15, 0.2) is 0 Å². The van der Waals surface area contributed by atoms with E-state index in [1.807, 2.05) is 0 Å². The molecule has 2 rings (SSSR count). The summed E-state index contributed by atoms with van der Waals surface area (Å²) < 4.78 is 6.42. The predicted molar refractivity (Wildman–Crippen MR) is 62.8 cm³/mol. The molecule has 2 heteroatoms. The predicted octanol–water partition coefficient (Wildman–Crippen LogP) is 3.21. The van der Waals surface area contributed by atoms with Crippen LogP contribution in [-0.4, -0.2) is 17.4 Å². The van der Waals surface area contributed by atoms with Gasteiger partial charge in [-0.3, -0.25) is 5.32 Å². The van der Waals surface area contributed by atoms with Crippen molar-refractivity contribution in [2.75, 3.05) is 0 Å². The number of rotatable bonds is 2. The summed E-state index contributed by atoms with van der Waals surface area (Å²) in [5.41, 5.74) is 0.0930. The van der Waals surface area contributed by atoms with E-state index < -0.39 is 0 Å². The standard InChI is InChI=1S/C13H25NO/c1-4-11-13(9-7-6-8-10-13)15-12(3,5-2)14-11/h11,14H,4-10H2,1-3H3. The molecule has 88 valence electrons. The summed E-state index contributed by atoms with van der Waals surface area (Å²) in [6.07, 6.45) is 8.85. The summed E-state index contributed by atoms with van der Waals surface area (Å²) >= 11 is 0. The van der Waals surface area contributed by atoms with Crippen LogP contribution in [0.25, 0.3) is 0 Å². The molecule has 1 aliphatic carbocycles. The van der Waals surface area contributed by atoms with Crippen molar-refractivity contribution in [2.24, 2.45) is 0 Å². The van der Waals surface area contributed by atoms with Crippen LogP contribution in [0, 0.1) is 0 Å². The van der Waals surface area contributed by atoms with Crippen molar-refractivity contribution < 1.29 is 4.74 Å². The second kappa shape index (κ2) is 4.06. The lowest BCUT2D eigenvalue weighted by atomic mass is 9.79. The van der Waals surface area contributed by atoms with Gasteiger partial charge in [-0.15, -0.1) is 0 Å². The molecule has 0 aromatic rings. The van der Waals surface area contributed by atoms with E-state index in [1.165, 1.54) is 38.5 Å². The maximum atomic E-state index is 6.42. The van der Waals surface area contributed by atoms with Gasteiger partial charge in [-0.1, -0.05) is 33.1 Å². The van der Waals surface area contributed by atoms with Crippen molar-refractivity contribution in [2.45, 2.75) is 83.1 Å². The summed E-state index contributed by atoms with van der Waals surface area (Å²) in [5, 5.41) is 3.70. The fraction of sp³-hybridized carbons (Fsp3) is 1.00. The first-order valence-electron chi connectivity index (χ1n) is 6.62. The molecular formula is C13H25NO. The van der Waals surface area contributed by atoms with Gasteiger partial charge in [0.2, 0.25) is 0 Å². The third-order valence-corrected chi connectivity index (χ3v) is 4.33. The Morgan fingerprint density at radius 1 is 1.20 bits per heavy atom. The van der Waals surface area contributed by atoms with Crippen LogP contribution in [0.2, 0.25) is 0 Å².